The highest BCUT2D eigenvalue weighted by Crippen LogP contribution is 2.20. The molecule has 0 aliphatic heterocycles. The lowest BCUT2D eigenvalue weighted by Gasteiger charge is -2.23. The van der Waals surface area contributed by atoms with Gasteiger partial charge < -0.3 is 20.5 Å². The molecular formula is C32H32N4O7. The summed E-state index contributed by atoms with van der Waals surface area (Å²) in [6, 6.07) is 18.6. The molecule has 1 aromatic heterocycles. The number of amides is 2. The molecule has 3 N–H and O–H groups in total. The van der Waals surface area contributed by atoms with Crippen LogP contribution in [-0.2, 0) is 14.4 Å². The van der Waals surface area contributed by atoms with Crippen molar-refractivity contribution >= 4 is 40.0 Å². The number of unbranched alkanes of at least 4 members (excludes halogenated alkanes) is 1. The molecule has 4 aromatic rings. The van der Waals surface area contributed by atoms with Crippen LogP contribution in [0, 0.1) is 0 Å². The Morgan fingerprint density at radius 1 is 0.977 bits per heavy atom. The molecule has 2 atom stereocenters. The number of ketones is 1. The number of hydrogen-bond acceptors (Lipinski definition) is 7. The standard InChI is InChI=1S/C32H32N4O7/c1-2-3-16-27(31(41)34-25(17-29(38)39)28(37)19-43-22-12-5-4-6-13-22)36-20-33-18-26(32(36)42)35-30(40)24-15-9-11-21-10-7-8-14-23(21)24/h4-15,18,20,25,27H,2-3,16-17,19H2,1H3,(H,34,41)(H,35,40)(H,38,39)/t25-,27?/m0/s1. The van der Waals surface area contributed by atoms with Crippen LogP contribution in [0.3, 0.4) is 0 Å². The molecule has 1 unspecified atom stereocenters. The van der Waals surface area contributed by atoms with Crippen molar-refractivity contribution in [3.63, 3.8) is 0 Å². The number of carbonyl (C=O) groups is 4. The molecule has 0 saturated carbocycles. The largest absolute Gasteiger partial charge is 0.486 e. The third-order valence-electron chi connectivity index (χ3n) is 6.82. The molecular weight excluding hydrogens is 552 g/mol. The van der Waals surface area contributed by atoms with E-state index in [1.165, 1.54) is 12.5 Å². The van der Waals surface area contributed by atoms with Crippen LogP contribution in [-0.4, -0.2) is 50.9 Å². The summed E-state index contributed by atoms with van der Waals surface area (Å²) in [7, 11) is 0. The zero-order valence-electron chi connectivity index (χ0n) is 23.6. The maximum Gasteiger partial charge on any atom is 0.305 e. The molecule has 0 aliphatic carbocycles. The number of ether oxygens (including phenoxy) is 1. The highest BCUT2D eigenvalue weighted by atomic mass is 16.5. The van der Waals surface area contributed by atoms with Crippen LogP contribution in [0.2, 0.25) is 0 Å². The first-order valence-electron chi connectivity index (χ1n) is 13.9. The number of benzene rings is 3. The van der Waals surface area contributed by atoms with E-state index < -0.39 is 54.2 Å². The normalized spacial score (nSPS) is 12.2. The number of para-hydroxylation sites is 1. The quantitative estimate of drug-likeness (QED) is 0.201. The molecule has 3 aromatic carbocycles. The van der Waals surface area contributed by atoms with Gasteiger partial charge in [-0.15, -0.1) is 0 Å². The van der Waals surface area contributed by atoms with E-state index in [9.17, 15) is 29.1 Å². The predicted molar refractivity (Wildman–Crippen MR) is 160 cm³/mol. The number of aromatic nitrogens is 2. The number of carboxylic acid groups (broad SMARTS) is 1. The van der Waals surface area contributed by atoms with Gasteiger partial charge in [-0.1, -0.05) is 74.4 Å². The van der Waals surface area contributed by atoms with E-state index in [0.29, 0.717) is 29.5 Å². The minimum Gasteiger partial charge on any atom is -0.486 e. The molecule has 0 bridgehead atoms. The van der Waals surface area contributed by atoms with Crippen molar-refractivity contribution in [3.05, 3.63) is 101 Å². The minimum absolute atomic E-state index is 0.135. The zero-order valence-corrected chi connectivity index (χ0v) is 23.6. The van der Waals surface area contributed by atoms with Crippen LogP contribution in [0.4, 0.5) is 5.69 Å². The van der Waals surface area contributed by atoms with Crippen molar-refractivity contribution < 1.29 is 29.0 Å². The Morgan fingerprint density at radius 3 is 2.44 bits per heavy atom. The van der Waals surface area contributed by atoms with Crippen LogP contribution in [0.25, 0.3) is 10.8 Å². The maximum atomic E-state index is 13.5. The van der Waals surface area contributed by atoms with Crippen molar-refractivity contribution in [2.45, 2.75) is 44.7 Å². The number of anilines is 1. The van der Waals surface area contributed by atoms with Gasteiger partial charge >= 0.3 is 5.97 Å². The Hall–Kier alpha value is -5.32. The second-order valence-corrected chi connectivity index (χ2v) is 9.89. The van der Waals surface area contributed by atoms with Crippen molar-refractivity contribution in [2.75, 3.05) is 11.9 Å². The Labute approximate surface area is 247 Å². The number of nitrogens with one attached hydrogen (secondary N) is 2. The molecule has 4 rings (SSSR count). The highest BCUT2D eigenvalue weighted by Gasteiger charge is 2.29. The first kappa shape index (κ1) is 30.6. The molecule has 222 valence electrons. The number of hydrogen-bond donors (Lipinski definition) is 3. The topological polar surface area (TPSA) is 157 Å². The van der Waals surface area contributed by atoms with Crippen molar-refractivity contribution in [2.24, 2.45) is 0 Å². The van der Waals surface area contributed by atoms with Gasteiger partial charge in [0.1, 0.15) is 30.1 Å². The van der Waals surface area contributed by atoms with Crippen molar-refractivity contribution in [3.8, 4) is 5.75 Å². The molecule has 11 nitrogen and oxygen atoms in total. The zero-order chi connectivity index (χ0) is 30.8. The van der Waals surface area contributed by atoms with E-state index in [1.807, 2.05) is 31.2 Å². The predicted octanol–water partition coefficient (Wildman–Crippen LogP) is 3.99. The summed E-state index contributed by atoms with van der Waals surface area (Å²) in [5.74, 6) is -2.77. The van der Waals surface area contributed by atoms with Crippen LogP contribution in [0.15, 0.2) is 90.1 Å². The lowest BCUT2D eigenvalue weighted by molar-refractivity contribution is -0.140. The summed E-state index contributed by atoms with van der Waals surface area (Å²) in [5, 5.41) is 16.1. The Balaban J connectivity index is 1.56. The maximum absolute atomic E-state index is 13.5. The van der Waals surface area contributed by atoms with E-state index in [0.717, 1.165) is 9.95 Å². The average Bonchev–Trinajstić information content (AvgIpc) is 3.01. The SMILES string of the molecule is CCCCC(C(=O)N[C@@H](CC(=O)O)C(=O)COc1ccccc1)n1cncc(NC(=O)c2cccc3ccccc23)c1=O. The number of nitrogens with zero attached hydrogens (tertiary/aromatic N) is 2. The van der Waals surface area contributed by atoms with Gasteiger partial charge in [0, 0.05) is 5.56 Å². The van der Waals surface area contributed by atoms with Gasteiger partial charge in [-0.05, 0) is 35.4 Å². The lowest BCUT2D eigenvalue weighted by Crippen LogP contribution is -2.48. The summed E-state index contributed by atoms with van der Waals surface area (Å²) in [6.07, 6.45) is 3.17. The number of aliphatic carboxylic acids is 1. The number of rotatable bonds is 14. The Bertz CT molecular complexity index is 1660. The van der Waals surface area contributed by atoms with Crippen molar-refractivity contribution in [1.29, 1.82) is 0 Å². The molecule has 1 heterocycles. The summed E-state index contributed by atoms with van der Waals surface area (Å²) in [4.78, 5) is 68.7. The van der Waals surface area contributed by atoms with Gasteiger partial charge in [0.25, 0.3) is 11.5 Å². The molecule has 0 radical (unpaired) electrons. The van der Waals surface area contributed by atoms with Gasteiger partial charge in [0.15, 0.2) is 5.78 Å². The second-order valence-electron chi connectivity index (χ2n) is 9.89. The number of Topliss-reactive ketones (excluding diaryl/α,β-unsaturated/α-hetero) is 1. The smallest absolute Gasteiger partial charge is 0.305 e. The average molecular weight is 585 g/mol. The number of carboxylic acids is 1. The molecule has 0 aliphatic rings. The third-order valence-corrected chi connectivity index (χ3v) is 6.82. The molecule has 0 saturated heterocycles. The van der Waals surface area contributed by atoms with Crippen molar-refractivity contribution in [1.82, 2.24) is 14.9 Å². The molecule has 43 heavy (non-hydrogen) atoms. The second kappa shape index (κ2) is 14.5. The van der Waals surface area contributed by atoms with Crippen LogP contribution < -0.4 is 20.9 Å². The lowest BCUT2D eigenvalue weighted by atomic mass is 10.0. The monoisotopic (exact) mass is 584 g/mol. The van der Waals surface area contributed by atoms with Gasteiger partial charge in [0.2, 0.25) is 5.91 Å². The van der Waals surface area contributed by atoms with E-state index in [4.69, 9.17) is 4.74 Å². The number of fused-ring (bicyclic) bond motifs is 1. The van der Waals surface area contributed by atoms with Gasteiger partial charge in [-0.25, -0.2) is 4.98 Å². The Kier molecular flexibility index (Phi) is 10.4. The summed E-state index contributed by atoms with van der Waals surface area (Å²) in [6.45, 7) is 1.45. The highest BCUT2D eigenvalue weighted by molar-refractivity contribution is 6.12. The molecule has 0 fully saturated rings. The third kappa shape index (κ3) is 7.91. The van der Waals surface area contributed by atoms with Gasteiger partial charge in [-0.2, -0.15) is 0 Å². The summed E-state index contributed by atoms with van der Waals surface area (Å²) < 4.78 is 6.55. The van der Waals surface area contributed by atoms with Gasteiger partial charge in [-0.3, -0.25) is 28.5 Å². The molecule has 0 spiro atoms. The minimum atomic E-state index is -1.39. The van der Waals surface area contributed by atoms with Crippen LogP contribution in [0.1, 0.15) is 49.0 Å². The summed E-state index contributed by atoms with van der Waals surface area (Å²) >= 11 is 0. The molecule has 11 heteroatoms. The van der Waals surface area contributed by atoms with E-state index in [-0.39, 0.29) is 12.1 Å². The number of carbonyl (C=O) groups excluding carboxylic acids is 3. The van der Waals surface area contributed by atoms with E-state index >= 15 is 0 Å². The first-order valence-corrected chi connectivity index (χ1v) is 13.9. The first-order chi connectivity index (χ1) is 20.8. The Morgan fingerprint density at radius 2 is 1.70 bits per heavy atom. The van der Waals surface area contributed by atoms with Crippen LogP contribution in [0.5, 0.6) is 5.75 Å². The van der Waals surface area contributed by atoms with Crippen LogP contribution >= 0.6 is 0 Å². The van der Waals surface area contributed by atoms with Gasteiger partial charge in [0.05, 0.1) is 18.9 Å². The van der Waals surface area contributed by atoms with E-state index in [1.54, 1.807) is 48.5 Å². The van der Waals surface area contributed by atoms with E-state index in [2.05, 4.69) is 15.6 Å². The molecule has 2 amide bonds. The fraction of sp³-hybridized carbons (Fsp3) is 0.250. The fourth-order valence-corrected chi connectivity index (χ4v) is 4.60. The fourth-order valence-electron chi connectivity index (χ4n) is 4.60. The summed E-state index contributed by atoms with van der Waals surface area (Å²) in [5.41, 5.74) is -0.446.